The highest BCUT2D eigenvalue weighted by atomic mass is 32.1. The highest BCUT2D eigenvalue weighted by Gasteiger charge is 2.28. The lowest BCUT2D eigenvalue weighted by molar-refractivity contribution is -0.137. The molecule has 0 aliphatic rings. The molecule has 3 heterocycles. The van der Waals surface area contributed by atoms with Crippen molar-refractivity contribution in [3.05, 3.63) is 48.3 Å². The molecule has 0 bridgehead atoms. The third-order valence-electron chi connectivity index (χ3n) is 3.48. The summed E-state index contributed by atoms with van der Waals surface area (Å²) < 4.78 is 8.04. The Morgan fingerprint density at radius 3 is 2.77 bits per heavy atom. The molecule has 0 spiro atoms. The van der Waals surface area contributed by atoms with Gasteiger partial charge in [0.05, 0.1) is 17.4 Å². The standard InChI is InChI=1S/C15H13N7O3S/c16-14(24)13(23)10(6-8-2-1-4-18-8)20-15(25)12-11(21-26-22-12)9-3-5-17-7-19-9/h1-5,7,10,18H,6H2,(H2,16,24)(H,20,25). The van der Waals surface area contributed by atoms with Crippen LogP contribution in [0.3, 0.4) is 0 Å². The van der Waals surface area contributed by atoms with Crippen molar-refractivity contribution in [2.75, 3.05) is 0 Å². The summed E-state index contributed by atoms with van der Waals surface area (Å²) in [7, 11) is 0. The van der Waals surface area contributed by atoms with E-state index in [-0.39, 0.29) is 17.8 Å². The maximum absolute atomic E-state index is 12.6. The lowest BCUT2D eigenvalue weighted by Crippen LogP contribution is -2.47. The quantitative estimate of drug-likeness (QED) is 0.482. The number of hydrogen-bond donors (Lipinski definition) is 3. The van der Waals surface area contributed by atoms with Gasteiger partial charge in [-0.3, -0.25) is 14.4 Å². The van der Waals surface area contributed by atoms with Crippen LogP contribution in [0.5, 0.6) is 0 Å². The Hall–Kier alpha value is -3.47. The number of aromatic nitrogens is 5. The van der Waals surface area contributed by atoms with Crippen LogP contribution >= 0.6 is 11.7 Å². The summed E-state index contributed by atoms with van der Waals surface area (Å²) in [4.78, 5) is 46.7. The maximum Gasteiger partial charge on any atom is 0.287 e. The molecule has 0 fully saturated rings. The summed E-state index contributed by atoms with van der Waals surface area (Å²) in [6.07, 6.45) is 4.58. The van der Waals surface area contributed by atoms with E-state index in [0.29, 0.717) is 11.4 Å². The fraction of sp³-hybridized carbons (Fsp3) is 0.133. The molecule has 3 rings (SSSR count). The number of H-pyrrole nitrogens is 1. The van der Waals surface area contributed by atoms with Gasteiger partial charge in [0.1, 0.15) is 18.1 Å². The summed E-state index contributed by atoms with van der Waals surface area (Å²) in [5, 5.41) is 2.50. The Kier molecular flexibility index (Phi) is 5.08. The lowest BCUT2D eigenvalue weighted by Gasteiger charge is -2.15. The van der Waals surface area contributed by atoms with Gasteiger partial charge in [0.25, 0.3) is 11.8 Å². The summed E-state index contributed by atoms with van der Waals surface area (Å²) in [5.41, 5.74) is 6.44. The summed E-state index contributed by atoms with van der Waals surface area (Å²) in [6, 6.07) is 3.92. The molecule has 3 aromatic heterocycles. The highest BCUT2D eigenvalue weighted by Crippen LogP contribution is 2.19. The summed E-state index contributed by atoms with van der Waals surface area (Å²) >= 11 is 0.833. The van der Waals surface area contributed by atoms with E-state index < -0.39 is 23.6 Å². The van der Waals surface area contributed by atoms with Crippen LogP contribution in [-0.2, 0) is 16.0 Å². The van der Waals surface area contributed by atoms with Crippen molar-refractivity contribution in [2.45, 2.75) is 12.5 Å². The molecular weight excluding hydrogens is 358 g/mol. The molecule has 0 aliphatic heterocycles. The second-order valence-corrected chi connectivity index (χ2v) is 5.74. The number of nitrogens with one attached hydrogen (secondary N) is 2. The van der Waals surface area contributed by atoms with Gasteiger partial charge in [0.2, 0.25) is 5.78 Å². The Morgan fingerprint density at radius 2 is 2.12 bits per heavy atom. The molecule has 1 unspecified atom stereocenters. The summed E-state index contributed by atoms with van der Waals surface area (Å²) in [5.74, 6) is -2.69. The van der Waals surface area contributed by atoms with Crippen LogP contribution in [-0.4, -0.2) is 47.3 Å². The van der Waals surface area contributed by atoms with Crippen molar-refractivity contribution >= 4 is 29.3 Å². The molecule has 11 heteroatoms. The molecule has 0 aromatic carbocycles. The molecule has 0 radical (unpaired) electrons. The van der Waals surface area contributed by atoms with Crippen LogP contribution < -0.4 is 11.1 Å². The second kappa shape index (κ2) is 7.61. The first-order valence-electron chi connectivity index (χ1n) is 7.42. The van der Waals surface area contributed by atoms with Gasteiger partial charge in [0, 0.05) is 24.5 Å². The number of nitrogens with zero attached hydrogens (tertiary/aromatic N) is 4. The number of aromatic amines is 1. The average Bonchev–Trinajstić information content (AvgIpc) is 3.32. The number of rotatable bonds is 7. The Balaban J connectivity index is 1.83. The molecular formula is C15H13N7O3S. The van der Waals surface area contributed by atoms with Crippen molar-refractivity contribution in [1.29, 1.82) is 0 Å². The van der Waals surface area contributed by atoms with Crippen molar-refractivity contribution in [2.24, 2.45) is 5.73 Å². The Labute approximate surface area is 151 Å². The second-order valence-electron chi connectivity index (χ2n) is 5.21. The summed E-state index contributed by atoms with van der Waals surface area (Å²) in [6.45, 7) is 0. The zero-order valence-corrected chi connectivity index (χ0v) is 14.1. The predicted molar refractivity (Wildman–Crippen MR) is 90.9 cm³/mol. The third-order valence-corrected chi connectivity index (χ3v) is 4.01. The van der Waals surface area contributed by atoms with Crippen LogP contribution in [0.15, 0.2) is 36.9 Å². The zero-order chi connectivity index (χ0) is 18.5. The van der Waals surface area contributed by atoms with Crippen LogP contribution in [0.1, 0.15) is 16.2 Å². The number of ketones is 1. The van der Waals surface area contributed by atoms with Crippen molar-refractivity contribution < 1.29 is 14.4 Å². The highest BCUT2D eigenvalue weighted by molar-refractivity contribution is 6.99. The third kappa shape index (κ3) is 3.78. The normalized spacial score (nSPS) is 11.7. The number of amides is 2. The minimum Gasteiger partial charge on any atom is -0.365 e. The van der Waals surface area contributed by atoms with Gasteiger partial charge >= 0.3 is 0 Å². The van der Waals surface area contributed by atoms with Gasteiger partial charge in [-0.2, -0.15) is 8.75 Å². The maximum atomic E-state index is 12.6. The fourth-order valence-corrected chi connectivity index (χ4v) is 2.81. The molecule has 1 atom stereocenters. The van der Waals surface area contributed by atoms with Gasteiger partial charge in [-0.1, -0.05) is 0 Å². The van der Waals surface area contributed by atoms with Gasteiger partial charge in [0.15, 0.2) is 5.69 Å². The Morgan fingerprint density at radius 1 is 1.27 bits per heavy atom. The molecule has 0 aliphatic carbocycles. The van der Waals surface area contributed by atoms with E-state index >= 15 is 0 Å². The van der Waals surface area contributed by atoms with E-state index in [4.69, 9.17) is 5.73 Å². The number of nitrogens with two attached hydrogens (primary N) is 1. The largest absolute Gasteiger partial charge is 0.365 e. The Bertz CT molecular complexity index is 924. The molecule has 26 heavy (non-hydrogen) atoms. The van der Waals surface area contributed by atoms with Gasteiger partial charge in [-0.15, -0.1) is 0 Å². The van der Waals surface area contributed by atoms with Crippen molar-refractivity contribution in [1.82, 2.24) is 29.0 Å². The monoisotopic (exact) mass is 371 g/mol. The van der Waals surface area contributed by atoms with Crippen LogP contribution in [0.25, 0.3) is 11.4 Å². The van der Waals surface area contributed by atoms with E-state index in [2.05, 4.69) is 29.0 Å². The van der Waals surface area contributed by atoms with Crippen LogP contribution in [0.2, 0.25) is 0 Å². The molecule has 2 amide bonds. The fourth-order valence-electron chi connectivity index (χ4n) is 2.26. The molecule has 0 saturated carbocycles. The van der Waals surface area contributed by atoms with E-state index in [0.717, 1.165) is 11.7 Å². The van der Waals surface area contributed by atoms with Crippen LogP contribution in [0, 0.1) is 0 Å². The topological polar surface area (TPSA) is 157 Å². The van der Waals surface area contributed by atoms with Gasteiger partial charge < -0.3 is 16.0 Å². The zero-order valence-electron chi connectivity index (χ0n) is 13.2. The number of primary amides is 1. The minimum atomic E-state index is -1.13. The van der Waals surface area contributed by atoms with E-state index in [1.807, 2.05) is 0 Å². The SMILES string of the molecule is NC(=O)C(=O)C(Cc1ccc[nH]1)NC(=O)c1nsnc1-c1ccncn1. The lowest BCUT2D eigenvalue weighted by atomic mass is 10.1. The first kappa shape index (κ1) is 17.4. The van der Waals surface area contributed by atoms with E-state index in [1.54, 1.807) is 24.4 Å². The van der Waals surface area contributed by atoms with Gasteiger partial charge in [-0.05, 0) is 18.2 Å². The molecule has 10 nitrogen and oxygen atoms in total. The minimum absolute atomic E-state index is 0.00227. The van der Waals surface area contributed by atoms with Crippen molar-refractivity contribution in [3.63, 3.8) is 0 Å². The number of carbonyl (C=O) groups excluding carboxylic acids is 3. The van der Waals surface area contributed by atoms with Crippen LogP contribution in [0.4, 0.5) is 0 Å². The number of Topliss-reactive ketones (excluding diaryl/α,β-unsaturated/α-hetero) is 1. The van der Waals surface area contributed by atoms with Crippen molar-refractivity contribution in [3.8, 4) is 11.4 Å². The van der Waals surface area contributed by atoms with E-state index in [9.17, 15) is 14.4 Å². The predicted octanol–water partition coefficient (Wildman–Crippen LogP) is -0.281. The average molecular weight is 371 g/mol. The van der Waals surface area contributed by atoms with E-state index in [1.165, 1.54) is 12.5 Å². The molecule has 132 valence electrons. The number of hydrogen-bond acceptors (Lipinski definition) is 8. The smallest absolute Gasteiger partial charge is 0.287 e. The first-order chi connectivity index (χ1) is 12.6. The number of carbonyl (C=O) groups is 3. The molecule has 3 aromatic rings. The first-order valence-corrected chi connectivity index (χ1v) is 8.15. The molecule has 4 N–H and O–H groups in total. The van der Waals surface area contributed by atoms with Gasteiger partial charge in [-0.25, -0.2) is 9.97 Å². The molecule has 0 saturated heterocycles.